The van der Waals surface area contributed by atoms with Gasteiger partial charge in [-0.2, -0.15) is 0 Å². The molecule has 0 aliphatic heterocycles. The third kappa shape index (κ3) is 5.91. The zero-order valence-corrected chi connectivity index (χ0v) is 31.7. The topological polar surface area (TPSA) is 25.8 Å². The molecule has 0 bridgehead atoms. The molecule has 2 nitrogen and oxygen atoms in total. The number of hydrogen-bond donors (Lipinski definition) is 0. The van der Waals surface area contributed by atoms with Crippen molar-refractivity contribution in [1.29, 1.82) is 0 Å². The summed E-state index contributed by atoms with van der Waals surface area (Å²) in [5.41, 5.74) is 15.5. The zero-order chi connectivity index (χ0) is 38.4. The van der Waals surface area contributed by atoms with Crippen LogP contribution in [0, 0.1) is 0 Å². The molecule has 2 heteroatoms. The van der Waals surface area contributed by atoms with Crippen LogP contribution >= 0.6 is 0 Å². The van der Waals surface area contributed by atoms with Crippen molar-refractivity contribution in [1.82, 2.24) is 9.97 Å². The van der Waals surface area contributed by atoms with Crippen LogP contribution in [-0.2, 0) is 0 Å². The van der Waals surface area contributed by atoms with Crippen LogP contribution in [0.1, 0.15) is 0 Å². The first kappa shape index (κ1) is 33.6. The molecule has 0 aliphatic rings. The second-order valence-corrected chi connectivity index (χ2v) is 14.9. The van der Waals surface area contributed by atoms with E-state index in [0.717, 1.165) is 60.8 Å². The number of para-hydroxylation sites is 1. The highest BCUT2D eigenvalue weighted by Crippen LogP contribution is 2.41. The summed E-state index contributed by atoms with van der Waals surface area (Å²) in [5, 5.41) is 6.97. The van der Waals surface area contributed by atoms with Crippen molar-refractivity contribution >= 4 is 43.4 Å². The zero-order valence-electron chi connectivity index (χ0n) is 31.7. The van der Waals surface area contributed by atoms with Crippen LogP contribution in [-0.4, -0.2) is 9.97 Å². The highest BCUT2D eigenvalue weighted by Gasteiger charge is 2.17. The number of rotatable bonds is 6. The van der Waals surface area contributed by atoms with Gasteiger partial charge >= 0.3 is 0 Å². The molecular weight excluding hydrogens is 701 g/mol. The Balaban J connectivity index is 1.08. The lowest BCUT2D eigenvalue weighted by atomic mass is 9.90. The van der Waals surface area contributed by atoms with Crippen LogP contribution in [0.15, 0.2) is 218 Å². The number of aromatic nitrogens is 2. The molecule has 0 saturated carbocycles. The first-order valence-corrected chi connectivity index (χ1v) is 19.8. The van der Waals surface area contributed by atoms with Crippen LogP contribution in [0.5, 0.6) is 0 Å². The number of pyridine rings is 2. The van der Waals surface area contributed by atoms with Gasteiger partial charge in [0.25, 0.3) is 0 Å². The highest BCUT2D eigenvalue weighted by molar-refractivity contribution is 6.16. The molecule has 0 unspecified atom stereocenters. The van der Waals surface area contributed by atoms with E-state index in [1.807, 2.05) is 0 Å². The van der Waals surface area contributed by atoms with E-state index in [4.69, 9.17) is 9.97 Å². The van der Waals surface area contributed by atoms with Crippen molar-refractivity contribution in [2.75, 3.05) is 0 Å². The molecule has 9 aromatic carbocycles. The average molecular weight is 737 g/mol. The molecule has 0 radical (unpaired) electrons. The summed E-state index contributed by atoms with van der Waals surface area (Å²) in [6, 6.07) is 78.2. The van der Waals surface area contributed by atoms with Gasteiger partial charge in [-0.05, 0) is 73.5 Å². The van der Waals surface area contributed by atoms with E-state index in [1.54, 1.807) is 0 Å². The Bertz CT molecular complexity index is 3280. The maximum Gasteiger partial charge on any atom is 0.0794 e. The molecule has 0 spiro atoms. The van der Waals surface area contributed by atoms with Crippen LogP contribution in [0.3, 0.4) is 0 Å². The lowest BCUT2D eigenvalue weighted by molar-refractivity contribution is 1.40. The Labute approximate surface area is 337 Å². The molecule has 0 amide bonds. The average Bonchev–Trinajstić information content (AvgIpc) is 3.31. The van der Waals surface area contributed by atoms with Crippen molar-refractivity contribution in [2.45, 2.75) is 0 Å². The Hall–Kier alpha value is -7.68. The molecule has 0 aliphatic carbocycles. The van der Waals surface area contributed by atoms with Gasteiger partial charge in [0.05, 0.1) is 22.4 Å². The molecular formula is C56H36N2. The number of hydrogen-bond acceptors (Lipinski definition) is 2. The predicted molar refractivity (Wildman–Crippen MR) is 245 cm³/mol. The van der Waals surface area contributed by atoms with Crippen LogP contribution < -0.4 is 0 Å². The summed E-state index contributed by atoms with van der Waals surface area (Å²) in [7, 11) is 0. The summed E-state index contributed by atoms with van der Waals surface area (Å²) in [4.78, 5) is 10.7. The minimum Gasteiger partial charge on any atom is -0.247 e. The van der Waals surface area contributed by atoms with Gasteiger partial charge in [0.2, 0.25) is 0 Å². The molecule has 11 rings (SSSR count). The molecule has 0 N–H and O–H groups in total. The van der Waals surface area contributed by atoms with Crippen LogP contribution in [0.25, 0.3) is 110 Å². The summed E-state index contributed by atoms with van der Waals surface area (Å²) in [6.07, 6.45) is 0. The van der Waals surface area contributed by atoms with Crippen molar-refractivity contribution < 1.29 is 0 Å². The molecule has 58 heavy (non-hydrogen) atoms. The van der Waals surface area contributed by atoms with Crippen LogP contribution in [0.4, 0.5) is 0 Å². The maximum absolute atomic E-state index is 5.49. The molecule has 2 heterocycles. The third-order valence-corrected chi connectivity index (χ3v) is 11.5. The molecule has 270 valence electrons. The van der Waals surface area contributed by atoms with Crippen molar-refractivity contribution in [2.24, 2.45) is 0 Å². The van der Waals surface area contributed by atoms with E-state index >= 15 is 0 Å². The lowest BCUT2D eigenvalue weighted by Crippen LogP contribution is -1.94. The van der Waals surface area contributed by atoms with E-state index in [0.29, 0.717) is 0 Å². The minimum atomic E-state index is 0.933. The fraction of sp³-hybridized carbons (Fsp3) is 0. The minimum absolute atomic E-state index is 0.933. The maximum atomic E-state index is 5.49. The molecule has 2 aromatic heterocycles. The summed E-state index contributed by atoms with van der Waals surface area (Å²) in [6.45, 7) is 0. The van der Waals surface area contributed by atoms with E-state index in [-0.39, 0.29) is 0 Å². The predicted octanol–water partition coefficient (Wildman–Crippen LogP) is 15.1. The fourth-order valence-electron chi connectivity index (χ4n) is 8.55. The Morgan fingerprint density at radius 3 is 1.29 bits per heavy atom. The number of nitrogens with zero attached hydrogens (tertiary/aromatic N) is 2. The second kappa shape index (κ2) is 14.1. The molecule has 0 fully saturated rings. The van der Waals surface area contributed by atoms with Gasteiger partial charge in [-0.25, -0.2) is 9.97 Å². The molecule has 0 atom stereocenters. The van der Waals surface area contributed by atoms with E-state index in [2.05, 4.69) is 218 Å². The Kier molecular flexibility index (Phi) is 8.19. The monoisotopic (exact) mass is 736 g/mol. The standard InChI is InChI=1S/C56H36N2/c1-3-13-37(14-4-1)39-23-27-41(28-24-39)50-35-52-51(42-29-25-40(26-30-42)38-15-5-2-6-16-38)36-54(58-56(52)49-21-10-8-18-46(49)50)43-31-33-44(34-32-43)55-48-20-9-7-17-45(48)47-19-11-12-22-53(47)57-55/h1-36H. The van der Waals surface area contributed by atoms with Crippen molar-refractivity contribution in [3.63, 3.8) is 0 Å². The van der Waals surface area contributed by atoms with Crippen molar-refractivity contribution in [3.8, 4) is 67.0 Å². The van der Waals surface area contributed by atoms with E-state index < -0.39 is 0 Å². The summed E-state index contributed by atoms with van der Waals surface area (Å²) < 4.78 is 0. The Morgan fingerprint density at radius 2 is 0.672 bits per heavy atom. The number of benzene rings is 9. The van der Waals surface area contributed by atoms with Gasteiger partial charge in [0.1, 0.15) is 0 Å². The van der Waals surface area contributed by atoms with E-state index in [1.165, 1.54) is 49.5 Å². The largest absolute Gasteiger partial charge is 0.247 e. The highest BCUT2D eigenvalue weighted by atomic mass is 14.7. The van der Waals surface area contributed by atoms with Crippen LogP contribution in [0.2, 0.25) is 0 Å². The van der Waals surface area contributed by atoms with Crippen molar-refractivity contribution in [3.05, 3.63) is 218 Å². The first-order chi connectivity index (χ1) is 28.7. The van der Waals surface area contributed by atoms with Gasteiger partial charge < -0.3 is 0 Å². The molecule has 11 aromatic rings. The first-order valence-electron chi connectivity index (χ1n) is 19.8. The number of fused-ring (bicyclic) bond motifs is 6. The fourth-order valence-corrected chi connectivity index (χ4v) is 8.55. The van der Waals surface area contributed by atoms with Gasteiger partial charge in [-0.1, -0.05) is 200 Å². The smallest absolute Gasteiger partial charge is 0.0794 e. The van der Waals surface area contributed by atoms with Gasteiger partial charge in [-0.3, -0.25) is 0 Å². The summed E-state index contributed by atoms with van der Waals surface area (Å²) in [5.74, 6) is 0. The second-order valence-electron chi connectivity index (χ2n) is 14.9. The molecule has 0 saturated heterocycles. The normalized spacial score (nSPS) is 11.4. The Morgan fingerprint density at radius 1 is 0.241 bits per heavy atom. The van der Waals surface area contributed by atoms with Gasteiger partial charge in [0, 0.05) is 32.7 Å². The lowest BCUT2D eigenvalue weighted by Gasteiger charge is -2.16. The summed E-state index contributed by atoms with van der Waals surface area (Å²) >= 11 is 0. The van der Waals surface area contributed by atoms with E-state index in [9.17, 15) is 0 Å². The SMILES string of the molecule is c1ccc(-c2ccc(-c3cc4c(-c5ccc(-c6ccccc6)cc5)cc(-c5ccc(-c6nc7ccccc7c7ccccc67)cc5)nc4c4ccccc34)cc2)cc1. The van der Waals surface area contributed by atoms with Gasteiger partial charge in [-0.15, -0.1) is 0 Å². The third-order valence-electron chi connectivity index (χ3n) is 11.5. The van der Waals surface area contributed by atoms with Gasteiger partial charge in [0.15, 0.2) is 0 Å². The quantitative estimate of drug-likeness (QED) is 0.159.